The molecule has 1 aromatic rings. The molecule has 4 heteroatoms. The summed E-state index contributed by atoms with van der Waals surface area (Å²) in [5, 5.41) is 8.71. The Morgan fingerprint density at radius 1 is 1.43 bits per heavy atom. The molecular weight excluding hydrogens is 244 g/mol. The molecule has 0 aliphatic rings. The minimum Gasteiger partial charge on any atom is -0.345 e. The Bertz CT molecular complexity index is 407. The van der Waals surface area contributed by atoms with Crippen molar-refractivity contribution in [2.45, 2.75) is 0 Å². The molecule has 0 saturated heterocycles. The van der Waals surface area contributed by atoms with E-state index in [1.54, 1.807) is 32.3 Å². The lowest BCUT2D eigenvalue weighted by molar-refractivity contribution is 0.0827. The highest BCUT2D eigenvalue weighted by Crippen LogP contribution is 2.16. The molecule has 0 bridgehead atoms. The highest BCUT2D eigenvalue weighted by molar-refractivity contribution is 9.10. The molecule has 3 nitrogen and oxygen atoms in total. The van der Waals surface area contributed by atoms with Gasteiger partial charge in [-0.2, -0.15) is 5.26 Å². The highest BCUT2D eigenvalue weighted by Gasteiger charge is 2.09. The van der Waals surface area contributed by atoms with Crippen LogP contribution in [-0.2, 0) is 0 Å². The minimum absolute atomic E-state index is 0.109. The maximum atomic E-state index is 11.6. The van der Waals surface area contributed by atoms with E-state index in [0.717, 1.165) is 4.47 Å². The number of hydrogen-bond donors (Lipinski definition) is 0. The fraction of sp³-hybridized carbons (Fsp3) is 0.200. The van der Waals surface area contributed by atoms with Gasteiger partial charge in [0.15, 0.2) is 0 Å². The fourth-order valence-electron chi connectivity index (χ4n) is 1.04. The maximum Gasteiger partial charge on any atom is 0.253 e. The topological polar surface area (TPSA) is 44.1 Å². The molecule has 0 aromatic heterocycles. The van der Waals surface area contributed by atoms with Crippen LogP contribution in [0, 0.1) is 11.3 Å². The van der Waals surface area contributed by atoms with Crippen molar-refractivity contribution in [3.05, 3.63) is 33.8 Å². The van der Waals surface area contributed by atoms with E-state index in [1.165, 1.54) is 4.90 Å². The zero-order valence-electron chi connectivity index (χ0n) is 7.91. The molecule has 0 spiro atoms. The smallest absolute Gasteiger partial charge is 0.253 e. The van der Waals surface area contributed by atoms with Gasteiger partial charge in [0.1, 0.15) is 0 Å². The molecule has 0 N–H and O–H groups in total. The van der Waals surface area contributed by atoms with Crippen molar-refractivity contribution in [3.63, 3.8) is 0 Å². The van der Waals surface area contributed by atoms with Crippen LogP contribution in [0.2, 0.25) is 0 Å². The Morgan fingerprint density at radius 2 is 2.07 bits per heavy atom. The molecule has 14 heavy (non-hydrogen) atoms. The molecule has 0 unspecified atom stereocenters. The SMILES string of the molecule is CN(C)C(=O)c1cc(Br)cc(C#N)c1. The number of amides is 1. The summed E-state index contributed by atoms with van der Waals surface area (Å²) in [6.45, 7) is 0. The second-order valence-corrected chi connectivity index (χ2v) is 3.96. The summed E-state index contributed by atoms with van der Waals surface area (Å²) >= 11 is 3.25. The predicted octanol–water partition coefficient (Wildman–Crippen LogP) is 2.02. The first-order chi connectivity index (χ1) is 6.54. The summed E-state index contributed by atoms with van der Waals surface area (Å²) in [7, 11) is 3.35. The van der Waals surface area contributed by atoms with Crippen LogP contribution in [-0.4, -0.2) is 24.9 Å². The quantitative estimate of drug-likeness (QED) is 0.768. The summed E-state index contributed by atoms with van der Waals surface area (Å²) in [4.78, 5) is 13.0. The average Bonchev–Trinajstić information content (AvgIpc) is 2.15. The summed E-state index contributed by atoms with van der Waals surface area (Å²) < 4.78 is 0.738. The zero-order chi connectivity index (χ0) is 10.7. The van der Waals surface area contributed by atoms with Gasteiger partial charge in [0.25, 0.3) is 5.91 Å². The van der Waals surface area contributed by atoms with E-state index < -0.39 is 0 Å². The van der Waals surface area contributed by atoms with E-state index in [4.69, 9.17) is 5.26 Å². The van der Waals surface area contributed by atoms with E-state index in [-0.39, 0.29) is 5.91 Å². The molecule has 1 aromatic carbocycles. The summed E-state index contributed by atoms with van der Waals surface area (Å²) in [6.07, 6.45) is 0. The first kappa shape index (κ1) is 10.7. The van der Waals surface area contributed by atoms with Gasteiger partial charge in [0.05, 0.1) is 11.6 Å². The Hall–Kier alpha value is -1.34. The predicted molar refractivity (Wildman–Crippen MR) is 56.9 cm³/mol. The number of hydrogen-bond acceptors (Lipinski definition) is 2. The molecule has 1 amide bonds. The standard InChI is InChI=1S/C10H9BrN2O/c1-13(2)10(14)8-3-7(6-12)4-9(11)5-8/h3-5H,1-2H3. The van der Waals surface area contributed by atoms with Gasteiger partial charge in [-0.15, -0.1) is 0 Å². The summed E-state index contributed by atoms with van der Waals surface area (Å²) in [5.74, 6) is -0.109. The monoisotopic (exact) mass is 252 g/mol. The largest absolute Gasteiger partial charge is 0.345 e. The third-order valence-corrected chi connectivity index (χ3v) is 2.14. The molecule has 0 heterocycles. The van der Waals surface area contributed by atoms with Gasteiger partial charge >= 0.3 is 0 Å². The highest BCUT2D eigenvalue weighted by atomic mass is 79.9. The van der Waals surface area contributed by atoms with Gasteiger partial charge in [-0.1, -0.05) is 15.9 Å². The number of nitriles is 1. The van der Waals surface area contributed by atoms with E-state index in [9.17, 15) is 4.79 Å². The second kappa shape index (κ2) is 4.25. The number of halogens is 1. The molecule has 0 aliphatic carbocycles. The van der Waals surface area contributed by atoms with Crippen LogP contribution in [0.4, 0.5) is 0 Å². The Kier molecular flexibility index (Phi) is 3.26. The Labute approximate surface area is 91.1 Å². The van der Waals surface area contributed by atoms with Gasteiger partial charge in [-0.3, -0.25) is 4.79 Å². The van der Waals surface area contributed by atoms with Crippen molar-refractivity contribution >= 4 is 21.8 Å². The van der Waals surface area contributed by atoms with Crippen LogP contribution < -0.4 is 0 Å². The lowest BCUT2D eigenvalue weighted by atomic mass is 10.1. The molecular formula is C10H9BrN2O. The maximum absolute atomic E-state index is 11.6. The third kappa shape index (κ3) is 2.33. The average molecular weight is 253 g/mol. The number of carbonyl (C=O) groups is 1. The Balaban J connectivity index is 3.17. The van der Waals surface area contributed by atoms with Gasteiger partial charge < -0.3 is 4.90 Å². The molecule has 1 rings (SSSR count). The second-order valence-electron chi connectivity index (χ2n) is 3.04. The van der Waals surface area contributed by atoms with Crippen molar-refractivity contribution in [1.29, 1.82) is 5.26 Å². The minimum atomic E-state index is -0.109. The van der Waals surface area contributed by atoms with Gasteiger partial charge in [-0.25, -0.2) is 0 Å². The summed E-state index contributed by atoms with van der Waals surface area (Å²) in [6, 6.07) is 6.95. The van der Waals surface area contributed by atoms with Crippen LogP contribution in [0.25, 0.3) is 0 Å². The van der Waals surface area contributed by atoms with Gasteiger partial charge in [0, 0.05) is 24.1 Å². The molecule has 72 valence electrons. The zero-order valence-corrected chi connectivity index (χ0v) is 9.50. The lowest BCUT2D eigenvalue weighted by Crippen LogP contribution is -2.21. The van der Waals surface area contributed by atoms with Crippen molar-refractivity contribution < 1.29 is 4.79 Å². The third-order valence-electron chi connectivity index (χ3n) is 1.68. The normalized spacial score (nSPS) is 9.29. The van der Waals surface area contributed by atoms with Crippen molar-refractivity contribution in [3.8, 4) is 6.07 Å². The van der Waals surface area contributed by atoms with Crippen LogP contribution in [0.1, 0.15) is 15.9 Å². The Morgan fingerprint density at radius 3 is 2.57 bits per heavy atom. The van der Waals surface area contributed by atoms with Crippen molar-refractivity contribution in [1.82, 2.24) is 4.90 Å². The van der Waals surface area contributed by atoms with Gasteiger partial charge in [0.2, 0.25) is 0 Å². The van der Waals surface area contributed by atoms with Crippen LogP contribution in [0.15, 0.2) is 22.7 Å². The number of benzene rings is 1. The van der Waals surface area contributed by atoms with E-state index in [1.807, 2.05) is 6.07 Å². The number of carbonyl (C=O) groups excluding carboxylic acids is 1. The molecule has 0 saturated carbocycles. The van der Waals surface area contributed by atoms with Gasteiger partial charge in [-0.05, 0) is 18.2 Å². The molecule has 0 atom stereocenters. The van der Waals surface area contributed by atoms with Crippen LogP contribution in [0.5, 0.6) is 0 Å². The first-order valence-corrected chi connectivity index (χ1v) is 4.76. The van der Waals surface area contributed by atoms with E-state index in [0.29, 0.717) is 11.1 Å². The first-order valence-electron chi connectivity index (χ1n) is 3.97. The number of nitrogens with zero attached hydrogens (tertiary/aromatic N) is 2. The fourth-order valence-corrected chi connectivity index (χ4v) is 1.53. The lowest BCUT2D eigenvalue weighted by Gasteiger charge is -2.10. The van der Waals surface area contributed by atoms with Crippen LogP contribution >= 0.6 is 15.9 Å². The summed E-state index contributed by atoms with van der Waals surface area (Å²) in [5.41, 5.74) is 0.991. The molecule has 0 aliphatic heterocycles. The number of rotatable bonds is 1. The van der Waals surface area contributed by atoms with Crippen molar-refractivity contribution in [2.24, 2.45) is 0 Å². The molecule has 0 fully saturated rings. The van der Waals surface area contributed by atoms with Crippen LogP contribution in [0.3, 0.4) is 0 Å². The van der Waals surface area contributed by atoms with E-state index in [2.05, 4.69) is 15.9 Å². The van der Waals surface area contributed by atoms with E-state index >= 15 is 0 Å². The molecule has 0 radical (unpaired) electrons. The van der Waals surface area contributed by atoms with Crippen molar-refractivity contribution in [2.75, 3.05) is 14.1 Å².